The number of nitrogens with one attached hydrogen (secondary N) is 1. The Kier molecular flexibility index (Phi) is 5.31. The number of aliphatic hydroxyl groups excluding tert-OH is 1. The Morgan fingerprint density at radius 3 is 2.88 bits per heavy atom. The second-order valence-electron chi connectivity index (χ2n) is 3.80. The number of hydrogen-bond acceptors (Lipinski definition) is 6. The number of rotatable bonds is 6. The number of ether oxygens (including phenoxy) is 2. The Labute approximate surface area is 100 Å². The van der Waals surface area contributed by atoms with Gasteiger partial charge in [0.1, 0.15) is 0 Å². The first kappa shape index (κ1) is 14.4. The molecule has 0 amide bonds. The standard InChI is InChI=1S/C9H17NO6S/c1-15-9(12)8(11)5-10-17(13,14)6-7-3-2-4-16-7/h7-8,10-11H,2-6H2,1H3. The van der Waals surface area contributed by atoms with Gasteiger partial charge in [-0.15, -0.1) is 0 Å². The van der Waals surface area contributed by atoms with Gasteiger partial charge in [0.15, 0.2) is 6.10 Å². The van der Waals surface area contributed by atoms with Crippen LogP contribution in [0.15, 0.2) is 0 Å². The maximum Gasteiger partial charge on any atom is 0.336 e. The average molecular weight is 267 g/mol. The van der Waals surface area contributed by atoms with E-state index in [-0.39, 0.29) is 18.4 Å². The third-order valence-electron chi connectivity index (χ3n) is 2.40. The Morgan fingerprint density at radius 1 is 1.65 bits per heavy atom. The van der Waals surface area contributed by atoms with E-state index < -0.39 is 22.1 Å². The maximum atomic E-state index is 11.5. The van der Waals surface area contributed by atoms with Crippen LogP contribution in [0.2, 0.25) is 0 Å². The molecule has 1 heterocycles. The molecule has 1 saturated heterocycles. The summed E-state index contributed by atoms with van der Waals surface area (Å²) in [5.74, 6) is -1.02. The van der Waals surface area contributed by atoms with E-state index in [0.29, 0.717) is 13.0 Å². The van der Waals surface area contributed by atoms with Gasteiger partial charge in [0.05, 0.1) is 19.0 Å². The van der Waals surface area contributed by atoms with Crippen molar-refractivity contribution in [1.82, 2.24) is 4.72 Å². The van der Waals surface area contributed by atoms with E-state index in [1.165, 1.54) is 0 Å². The molecule has 1 aliphatic heterocycles. The van der Waals surface area contributed by atoms with Gasteiger partial charge in [-0.05, 0) is 12.8 Å². The second-order valence-corrected chi connectivity index (χ2v) is 5.66. The first-order valence-electron chi connectivity index (χ1n) is 5.29. The maximum absolute atomic E-state index is 11.5. The highest BCUT2D eigenvalue weighted by atomic mass is 32.2. The van der Waals surface area contributed by atoms with E-state index in [1.807, 2.05) is 0 Å². The molecule has 0 aromatic rings. The molecule has 1 rings (SSSR count). The lowest BCUT2D eigenvalue weighted by molar-refractivity contribution is -0.149. The minimum absolute atomic E-state index is 0.152. The largest absolute Gasteiger partial charge is 0.467 e. The van der Waals surface area contributed by atoms with Crippen molar-refractivity contribution in [3.63, 3.8) is 0 Å². The third kappa shape index (κ3) is 4.99. The Balaban J connectivity index is 2.36. The smallest absolute Gasteiger partial charge is 0.336 e. The summed E-state index contributed by atoms with van der Waals surface area (Å²) < 4.78 is 34.7. The molecule has 100 valence electrons. The van der Waals surface area contributed by atoms with Gasteiger partial charge < -0.3 is 14.6 Å². The van der Waals surface area contributed by atoms with Gasteiger partial charge >= 0.3 is 5.97 Å². The lowest BCUT2D eigenvalue weighted by atomic mass is 10.3. The number of carbonyl (C=O) groups excluding carboxylic acids is 1. The first-order chi connectivity index (χ1) is 7.94. The van der Waals surface area contributed by atoms with Crippen LogP contribution in [0.5, 0.6) is 0 Å². The lowest BCUT2D eigenvalue weighted by Gasteiger charge is -2.13. The van der Waals surface area contributed by atoms with E-state index in [9.17, 15) is 18.3 Å². The molecule has 0 aromatic heterocycles. The number of esters is 1. The fraction of sp³-hybridized carbons (Fsp3) is 0.889. The van der Waals surface area contributed by atoms with Crippen LogP contribution in [0.3, 0.4) is 0 Å². The monoisotopic (exact) mass is 267 g/mol. The van der Waals surface area contributed by atoms with Crippen LogP contribution in [0.4, 0.5) is 0 Å². The van der Waals surface area contributed by atoms with Gasteiger partial charge in [0.2, 0.25) is 10.0 Å². The zero-order valence-electron chi connectivity index (χ0n) is 9.59. The van der Waals surface area contributed by atoms with Crippen molar-refractivity contribution < 1.29 is 27.8 Å². The summed E-state index contributed by atoms with van der Waals surface area (Å²) >= 11 is 0. The zero-order chi connectivity index (χ0) is 12.9. The molecule has 0 radical (unpaired) electrons. The minimum Gasteiger partial charge on any atom is -0.467 e. The molecule has 2 N–H and O–H groups in total. The quantitative estimate of drug-likeness (QED) is 0.575. The van der Waals surface area contributed by atoms with Crippen molar-refractivity contribution in [3.8, 4) is 0 Å². The predicted molar refractivity (Wildman–Crippen MR) is 58.8 cm³/mol. The van der Waals surface area contributed by atoms with Crippen LogP contribution >= 0.6 is 0 Å². The number of methoxy groups -OCH3 is 1. The van der Waals surface area contributed by atoms with Gasteiger partial charge in [0.25, 0.3) is 0 Å². The molecule has 1 fully saturated rings. The molecule has 8 heteroatoms. The highest BCUT2D eigenvalue weighted by molar-refractivity contribution is 7.89. The summed E-state index contributed by atoms with van der Waals surface area (Å²) in [6, 6.07) is 0. The molecule has 17 heavy (non-hydrogen) atoms. The highest BCUT2D eigenvalue weighted by Gasteiger charge is 2.25. The summed E-state index contributed by atoms with van der Waals surface area (Å²) in [6.07, 6.45) is -0.229. The molecule has 0 spiro atoms. The Hall–Kier alpha value is -0.700. The van der Waals surface area contributed by atoms with Crippen LogP contribution < -0.4 is 4.72 Å². The average Bonchev–Trinajstić information content (AvgIpc) is 2.76. The predicted octanol–water partition coefficient (Wildman–Crippen LogP) is -1.38. The number of sulfonamides is 1. The van der Waals surface area contributed by atoms with Crippen molar-refractivity contribution in [2.75, 3.05) is 26.0 Å². The number of aliphatic hydroxyl groups is 1. The fourth-order valence-corrected chi connectivity index (χ4v) is 2.79. The first-order valence-corrected chi connectivity index (χ1v) is 6.94. The van der Waals surface area contributed by atoms with E-state index in [0.717, 1.165) is 13.5 Å². The van der Waals surface area contributed by atoms with E-state index >= 15 is 0 Å². The zero-order valence-corrected chi connectivity index (χ0v) is 10.4. The topological polar surface area (TPSA) is 102 Å². The summed E-state index contributed by atoms with van der Waals surface area (Å²) in [5.41, 5.74) is 0. The minimum atomic E-state index is -3.54. The molecular formula is C9H17NO6S. The van der Waals surface area contributed by atoms with Crippen molar-refractivity contribution >= 4 is 16.0 Å². The van der Waals surface area contributed by atoms with Crippen molar-refractivity contribution in [3.05, 3.63) is 0 Å². The van der Waals surface area contributed by atoms with Crippen LogP contribution in [0.1, 0.15) is 12.8 Å². The molecule has 0 aliphatic carbocycles. The van der Waals surface area contributed by atoms with Gasteiger partial charge in [-0.2, -0.15) is 0 Å². The van der Waals surface area contributed by atoms with Gasteiger partial charge in [-0.1, -0.05) is 0 Å². The Bertz CT molecular complexity index is 348. The molecular weight excluding hydrogens is 250 g/mol. The molecule has 0 bridgehead atoms. The van der Waals surface area contributed by atoms with Crippen LogP contribution in [0.25, 0.3) is 0 Å². The molecule has 2 unspecified atom stereocenters. The lowest BCUT2D eigenvalue weighted by Crippen LogP contribution is -2.40. The number of hydrogen-bond donors (Lipinski definition) is 2. The van der Waals surface area contributed by atoms with Gasteiger partial charge in [0, 0.05) is 13.2 Å². The van der Waals surface area contributed by atoms with Crippen molar-refractivity contribution in [1.29, 1.82) is 0 Å². The fourth-order valence-electron chi connectivity index (χ4n) is 1.50. The molecule has 7 nitrogen and oxygen atoms in total. The molecule has 0 aromatic carbocycles. The normalized spacial score (nSPS) is 22.4. The summed E-state index contributed by atoms with van der Waals surface area (Å²) in [4.78, 5) is 10.8. The summed E-state index contributed by atoms with van der Waals surface area (Å²) in [5, 5.41) is 9.21. The third-order valence-corrected chi connectivity index (χ3v) is 3.82. The summed E-state index contributed by atoms with van der Waals surface area (Å²) in [7, 11) is -2.43. The molecule has 0 saturated carbocycles. The van der Waals surface area contributed by atoms with Crippen LogP contribution in [0, 0.1) is 0 Å². The van der Waals surface area contributed by atoms with E-state index in [1.54, 1.807) is 0 Å². The second kappa shape index (κ2) is 6.29. The van der Waals surface area contributed by atoms with Crippen LogP contribution in [-0.2, 0) is 24.3 Å². The highest BCUT2D eigenvalue weighted by Crippen LogP contribution is 2.13. The van der Waals surface area contributed by atoms with Crippen molar-refractivity contribution in [2.24, 2.45) is 0 Å². The van der Waals surface area contributed by atoms with Gasteiger partial charge in [-0.25, -0.2) is 17.9 Å². The van der Waals surface area contributed by atoms with Gasteiger partial charge in [-0.3, -0.25) is 0 Å². The molecule has 1 aliphatic rings. The summed E-state index contributed by atoms with van der Waals surface area (Å²) in [6.45, 7) is 0.187. The van der Waals surface area contributed by atoms with Crippen LogP contribution in [-0.4, -0.2) is 57.7 Å². The Morgan fingerprint density at radius 2 is 2.35 bits per heavy atom. The van der Waals surface area contributed by atoms with E-state index in [2.05, 4.69) is 9.46 Å². The van der Waals surface area contributed by atoms with Crippen molar-refractivity contribution in [2.45, 2.75) is 25.0 Å². The van der Waals surface area contributed by atoms with E-state index in [4.69, 9.17) is 4.74 Å². The molecule has 2 atom stereocenters. The SMILES string of the molecule is COC(=O)C(O)CNS(=O)(=O)CC1CCCO1. The number of carbonyl (C=O) groups is 1.